The molecule has 3 aromatic rings. The molecule has 31 heavy (non-hydrogen) atoms. The normalized spacial score (nSPS) is 15.9. The summed E-state index contributed by atoms with van der Waals surface area (Å²) in [5.41, 5.74) is 1.58. The Morgan fingerprint density at radius 1 is 1.29 bits per heavy atom. The molecule has 1 N–H and O–H groups in total. The number of rotatable bonds is 4. The third kappa shape index (κ3) is 3.88. The van der Waals surface area contributed by atoms with E-state index in [2.05, 4.69) is 15.4 Å². The quantitative estimate of drug-likeness (QED) is 0.633. The Balaban J connectivity index is 1.67. The van der Waals surface area contributed by atoms with E-state index in [0.717, 1.165) is 5.69 Å². The lowest BCUT2D eigenvalue weighted by Crippen LogP contribution is -2.43. The maximum absolute atomic E-state index is 13.3. The van der Waals surface area contributed by atoms with Gasteiger partial charge in [0.1, 0.15) is 5.69 Å². The number of benzene rings is 1. The number of pyridine rings is 1. The van der Waals surface area contributed by atoms with Gasteiger partial charge in [-0.05, 0) is 44.2 Å². The summed E-state index contributed by atoms with van der Waals surface area (Å²) in [5.74, 6) is -0.951. The molecule has 0 saturated carbocycles. The van der Waals surface area contributed by atoms with Crippen molar-refractivity contribution in [3.8, 4) is 0 Å². The summed E-state index contributed by atoms with van der Waals surface area (Å²) < 4.78 is 27.5. The average Bonchev–Trinajstić information content (AvgIpc) is 3.16. The molecule has 1 aliphatic rings. The molecule has 3 heterocycles. The van der Waals surface area contributed by atoms with Crippen molar-refractivity contribution in [1.82, 2.24) is 14.8 Å². The van der Waals surface area contributed by atoms with Crippen molar-refractivity contribution in [2.24, 2.45) is 0 Å². The maximum atomic E-state index is 13.3. The Bertz CT molecular complexity index is 1180. The molecule has 1 atom stereocenters. The first kappa shape index (κ1) is 20.9. The minimum Gasteiger partial charge on any atom is -0.322 e. The molecule has 1 aromatic carbocycles. The van der Waals surface area contributed by atoms with Gasteiger partial charge in [0.05, 0.1) is 22.8 Å². The molecule has 0 fully saturated rings. The number of carbonyl (C=O) groups is 2. The molecule has 10 heteroatoms. The molecule has 2 amide bonds. The third-order valence-corrected chi connectivity index (χ3v) is 5.36. The highest BCUT2D eigenvalue weighted by molar-refractivity contribution is 6.31. The van der Waals surface area contributed by atoms with Crippen LogP contribution < -0.4 is 10.2 Å². The number of aromatic nitrogens is 3. The van der Waals surface area contributed by atoms with Gasteiger partial charge in [-0.3, -0.25) is 19.3 Å². The second-order valence-corrected chi connectivity index (χ2v) is 7.67. The van der Waals surface area contributed by atoms with Crippen molar-refractivity contribution in [1.29, 1.82) is 0 Å². The number of nitrogens with one attached hydrogen (secondary N) is 1. The number of halogens is 3. The van der Waals surface area contributed by atoms with E-state index < -0.39 is 18.2 Å². The van der Waals surface area contributed by atoms with E-state index in [1.54, 1.807) is 25.3 Å². The second-order valence-electron chi connectivity index (χ2n) is 7.26. The zero-order valence-electron chi connectivity index (χ0n) is 16.6. The summed E-state index contributed by atoms with van der Waals surface area (Å²) in [4.78, 5) is 31.6. The molecule has 0 aliphatic carbocycles. The Morgan fingerprint density at radius 3 is 2.74 bits per heavy atom. The minimum absolute atomic E-state index is 0.117. The topological polar surface area (TPSA) is 80.1 Å². The number of amides is 2. The minimum atomic E-state index is -2.72. The molecule has 160 valence electrons. The van der Waals surface area contributed by atoms with Gasteiger partial charge in [-0.25, -0.2) is 8.78 Å². The highest BCUT2D eigenvalue weighted by Crippen LogP contribution is 2.33. The van der Waals surface area contributed by atoms with Crippen molar-refractivity contribution in [3.63, 3.8) is 0 Å². The number of hydrogen-bond acceptors (Lipinski definition) is 4. The fourth-order valence-electron chi connectivity index (χ4n) is 3.53. The molecule has 4 rings (SSSR count). The number of fused-ring (bicyclic) bond motifs is 1. The summed E-state index contributed by atoms with van der Waals surface area (Å²) >= 11 is 5.99. The van der Waals surface area contributed by atoms with E-state index in [0.29, 0.717) is 11.4 Å². The molecule has 0 saturated heterocycles. The molecule has 2 aromatic heterocycles. The molecular weight excluding hydrogens is 428 g/mol. The number of carbonyl (C=O) groups excluding carboxylic acids is 2. The summed E-state index contributed by atoms with van der Waals surface area (Å²) in [5, 5.41) is 6.84. The summed E-state index contributed by atoms with van der Waals surface area (Å²) in [6.45, 7) is 3.90. The molecule has 0 bridgehead atoms. The second kappa shape index (κ2) is 8.07. The monoisotopic (exact) mass is 445 g/mol. The Kier molecular flexibility index (Phi) is 5.45. The molecule has 0 unspecified atom stereocenters. The summed E-state index contributed by atoms with van der Waals surface area (Å²) in [7, 11) is 0. The predicted octanol–water partition coefficient (Wildman–Crippen LogP) is 4.65. The first-order valence-corrected chi connectivity index (χ1v) is 9.85. The van der Waals surface area contributed by atoms with Crippen molar-refractivity contribution >= 4 is 34.8 Å². The van der Waals surface area contributed by atoms with Crippen LogP contribution in [0.3, 0.4) is 0 Å². The van der Waals surface area contributed by atoms with Crippen molar-refractivity contribution in [2.45, 2.75) is 26.3 Å². The van der Waals surface area contributed by atoms with E-state index in [4.69, 9.17) is 11.6 Å². The van der Waals surface area contributed by atoms with Gasteiger partial charge < -0.3 is 10.2 Å². The van der Waals surface area contributed by atoms with Crippen LogP contribution in [0.15, 0.2) is 42.7 Å². The van der Waals surface area contributed by atoms with Crippen LogP contribution in [-0.4, -0.2) is 33.1 Å². The Labute approximate surface area is 181 Å². The first-order chi connectivity index (χ1) is 14.8. The fraction of sp³-hybridized carbons (Fsp3) is 0.238. The lowest BCUT2D eigenvalue weighted by molar-refractivity contribution is 0.0939. The molecule has 7 nitrogen and oxygen atoms in total. The van der Waals surface area contributed by atoms with Crippen LogP contribution in [0.25, 0.3) is 0 Å². The van der Waals surface area contributed by atoms with Crippen LogP contribution in [0.2, 0.25) is 5.02 Å². The Hall–Kier alpha value is -3.33. The van der Waals surface area contributed by atoms with Crippen molar-refractivity contribution in [2.75, 3.05) is 16.8 Å². The number of anilines is 2. The van der Waals surface area contributed by atoms with Gasteiger partial charge in [-0.15, -0.1) is 0 Å². The number of aryl methyl sites for hydroxylation is 1. The SMILES string of the molecule is Cc1cc(NC(=O)c2cnn3c2C(=O)N(c2ccc(C(F)F)c(Cl)c2)C[C@@H]3C)ccn1. The summed E-state index contributed by atoms with van der Waals surface area (Å²) in [6.07, 6.45) is 0.204. The van der Waals surface area contributed by atoms with Gasteiger partial charge in [-0.2, -0.15) is 5.10 Å². The van der Waals surface area contributed by atoms with Crippen LogP contribution in [0.4, 0.5) is 20.2 Å². The van der Waals surface area contributed by atoms with Gasteiger partial charge in [0, 0.05) is 35.4 Å². The van der Waals surface area contributed by atoms with Gasteiger partial charge in [0.25, 0.3) is 18.2 Å². The summed E-state index contributed by atoms with van der Waals surface area (Å²) in [6, 6.07) is 7.06. The van der Waals surface area contributed by atoms with E-state index in [9.17, 15) is 18.4 Å². The third-order valence-electron chi connectivity index (χ3n) is 5.04. The molecule has 0 radical (unpaired) electrons. The number of alkyl halides is 2. The van der Waals surface area contributed by atoms with Crippen LogP contribution in [-0.2, 0) is 0 Å². The smallest absolute Gasteiger partial charge is 0.277 e. The highest BCUT2D eigenvalue weighted by atomic mass is 35.5. The van der Waals surface area contributed by atoms with Gasteiger partial charge >= 0.3 is 0 Å². The largest absolute Gasteiger partial charge is 0.322 e. The first-order valence-electron chi connectivity index (χ1n) is 9.47. The van der Waals surface area contributed by atoms with Crippen LogP contribution in [0.5, 0.6) is 0 Å². The van der Waals surface area contributed by atoms with Crippen LogP contribution in [0.1, 0.15) is 51.5 Å². The van der Waals surface area contributed by atoms with E-state index in [1.807, 2.05) is 6.92 Å². The van der Waals surface area contributed by atoms with Gasteiger partial charge in [0.15, 0.2) is 0 Å². The average molecular weight is 446 g/mol. The number of hydrogen-bond donors (Lipinski definition) is 1. The molecule has 0 spiro atoms. The number of nitrogens with zero attached hydrogens (tertiary/aromatic N) is 4. The lowest BCUT2D eigenvalue weighted by atomic mass is 10.1. The molecular formula is C21H18ClF2N5O2. The van der Waals surface area contributed by atoms with Crippen LogP contribution in [0, 0.1) is 6.92 Å². The fourth-order valence-corrected chi connectivity index (χ4v) is 3.79. The van der Waals surface area contributed by atoms with Gasteiger partial charge in [-0.1, -0.05) is 11.6 Å². The van der Waals surface area contributed by atoms with E-state index in [1.165, 1.54) is 34.0 Å². The van der Waals surface area contributed by atoms with E-state index >= 15 is 0 Å². The zero-order chi connectivity index (χ0) is 22.3. The standard InChI is InChI=1S/C21H18ClF2N5O2/c1-11-7-13(5-6-25-11)27-20(30)16-9-26-29-12(2)10-28(21(31)18(16)29)14-3-4-15(19(23)24)17(22)8-14/h3-9,12,19H,10H2,1-2H3,(H,25,27,30)/t12-/m0/s1. The van der Waals surface area contributed by atoms with Crippen molar-refractivity contribution in [3.05, 3.63) is 70.3 Å². The van der Waals surface area contributed by atoms with Crippen molar-refractivity contribution < 1.29 is 18.4 Å². The maximum Gasteiger partial charge on any atom is 0.277 e. The predicted molar refractivity (Wildman–Crippen MR) is 112 cm³/mol. The highest BCUT2D eigenvalue weighted by Gasteiger charge is 2.35. The molecule has 1 aliphatic heterocycles. The van der Waals surface area contributed by atoms with Gasteiger partial charge in [0.2, 0.25) is 0 Å². The van der Waals surface area contributed by atoms with Crippen LogP contribution >= 0.6 is 11.6 Å². The zero-order valence-corrected chi connectivity index (χ0v) is 17.4. The lowest BCUT2D eigenvalue weighted by Gasteiger charge is -2.32. The Morgan fingerprint density at radius 2 is 2.06 bits per heavy atom. The van der Waals surface area contributed by atoms with E-state index in [-0.39, 0.29) is 34.4 Å².